The average molecular weight is 222 g/mol. The van der Waals surface area contributed by atoms with Crippen LogP contribution in [0.3, 0.4) is 0 Å². The lowest BCUT2D eigenvalue weighted by atomic mass is 10.6. The summed E-state index contributed by atoms with van der Waals surface area (Å²) in [5.74, 6) is 0. The molecule has 0 fully saturated rings. The van der Waals surface area contributed by atoms with Crippen LogP contribution in [-0.4, -0.2) is 34.6 Å². The molecule has 0 rings (SSSR count). The second-order valence-electron chi connectivity index (χ2n) is 3.21. The van der Waals surface area contributed by atoms with Gasteiger partial charge in [-0.2, -0.15) is 0 Å². The Morgan fingerprint density at radius 3 is 2.08 bits per heavy atom. The Morgan fingerprint density at radius 1 is 1.15 bits per heavy atom. The van der Waals surface area contributed by atoms with Gasteiger partial charge in [-0.15, -0.1) is 8.58 Å². The van der Waals surface area contributed by atoms with Gasteiger partial charge in [0.25, 0.3) is 0 Å². The highest BCUT2D eigenvalue weighted by Crippen LogP contribution is 2.18. The van der Waals surface area contributed by atoms with Gasteiger partial charge in [-0.25, -0.2) is 0 Å². The van der Waals surface area contributed by atoms with Crippen molar-refractivity contribution in [2.75, 3.05) is 26.0 Å². The molecule has 1 atom stereocenters. The summed E-state index contributed by atoms with van der Waals surface area (Å²) in [7, 11) is -0.723. The van der Waals surface area contributed by atoms with Gasteiger partial charge in [0.1, 0.15) is 0 Å². The van der Waals surface area contributed by atoms with Gasteiger partial charge in [0.15, 0.2) is 0 Å². The molecule has 0 N–H and O–H groups in total. The van der Waals surface area contributed by atoms with E-state index in [9.17, 15) is 0 Å². The average Bonchev–Trinajstić information content (AvgIpc) is 2.05. The quantitative estimate of drug-likeness (QED) is 0.357. The molecule has 0 saturated carbocycles. The van der Waals surface area contributed by atoms with Crippen LogP contribution in [0.5, 0.6) is 0 Å². The molecule has 0 aliphatic rings. The topological polar surface area (TPSA) is 18.5 Å². The van der Waals surface area contributed by atoms with E-state index in [1.807, 2.05) is 13.8 Å². The minimum Gasteiger partial charge on any atom is -0.395 e. The van der Waals surface area contributed by atoms with Gasteiger partial charge in [0.2, 0.25) is 0 Å². The van der Waals surface area contributed by atoms with Crippen LogP contribution in [0, 0.1) is 0 Å². The van der Waals surface area contributed by atoms with Gasteiger partial charge in [0.05, 0.1) is 0 Å². The van der Waals surface area contributed by atoms with Crippen molar-refractivity contribution in [3.05, 3.63) is 0 Å². The molecule has 0 saturated heterocycles. The Labute approximate surface area is 85.4 Å². The Morgan fingerprint density at radius 2 is 1.69 bits per heavy atom. The minimum absolute atomic E-state index is 0.789. The first kappa shape index (κ1) is 13.6. The summed E-state index contributed by atoms with van der Waals surface area (Å²) in [5.41, 5.74) is 0. The molecule has 0 bridgehead atoms. The van der Waals surface area contributed by atoms with Gasteiger partial charge >= 0.3 is 8.56 Å². The summed E-state index contributed by atoms with van der Waals surface area (Å²) in [6.07, 6.45) is 2.58. The molecule has 80 valence electrons. The van der Waals surface area contributed by atoms with E-state index in [-0.39, 0.29) is 0 Å². The van der Waals surface area contributed by atoms with E-state index >= 15 is 0 Å². The maximum absolute atomic E-state index is 5.74. The largest absolute Gasteiger partial charge is 0.395 e. The zero-order chi connectivity index (χ0) is 10.2. The third kappa shape index (κ3) is 6.61. The van der Waals surface area contributed by atoms with Crippen LogP contribution in [-0.2, 0) is 8.85 Å². The Balaban J connectivity index is 3.76. The van der Waals surface area contributed by atoms with Crippen LogP contribution >= 0.6 is 8.58 Å². The predicted octanol–water partition coefficient (Wildman–Crippen LogP) is 2.83. The fourth-order valence-electron chi connectivity index (χ4n) is 1.38. The predicted molar refractivity (Wildman–Crippen MR) is 63.4 cm³/mol. The molecule has 0 aliphatic carbocycles. The van der Waals surface area contributed by atoms with Crippen molar-refractivity contribution in [2.24, 2.45) is 0 Å². The summed E-state index contributed by atoms with van der Waals surface area (Å²) < 4.78 is 11.5. The number of hydrogen-bond acceptors (Lipinski definition) is 2. The van der Waals surface area contributed by atoms with Crippen LogP contribution < -0.4 is 0 Å². The second-order valence-corrected chi connectivity index (χ2v) is 7.76. The van der Waals surface area contributed by atoms with Crippen LogP contribution in [0.25, 0.3) is 0 Å². The Kier molecular flexibility index (Phi) is 8.27. The van der Waals surface area contributed by atoms with E-state index in [0.29, 0.717) is 0 Å². The third-order valence-electron chi connectivity index (χ3n) is 1.96. The molecule has 13 heavy (non-hydrogen) atoms. The molecule has 0 spiro atoms. The van der Waals surface area contributed by atoms with E-state index in [2.05, 4.69) is 13.2 Å². The molecule has 0 aromatic heterocycles. The van der Waals surface area contributed by atoms with E-state index in [4.69, 9.17) is 8.85 Å². The zero-order valence-corrected chi connectivity index (χ0v) is 11.4. The highest BCUT2D eigenvalue weighted by atomic mass is 31.1. The molecule has 0 amide bonds. The van der Waals surface area contributed by atoms with Gasteiger partial charge in [0, 0.05) is 13.2 Å². The summed E-state index contributed by atoms with van der Waals surface area (Å²) >= 11 is 0. The van der Waals surface area contributed by atoms with Crippen LogP contribution in [0.2, 0.25) is 12.6 Å². The molecule has 0 aromatic carbocycles. The molecule has 0 heterocycles. The van der Waals surface area contributed by atoms with Crippen molar-refractivity contribution < 1.29 is 8.85 Å². The fourth-order valence-corrected chi connectivity index (χ4v) is 4.68. The lowest BCUT2D eigenvalue weighted by molar-refractivity contribution is 0.189. The zero-order valence-electron chi connectivity index (χ0n) is 9.35. The van der Waals surface area contributed by atoms with Gasteiger partial charge in [-0.05, 0) is 45.7 Å². The molecular weight excluding hydrogens is 199 g/mol. The minimum atomic E-state index is -1.78. The monoisotopic (exact) mass is 222 g/mol. The van der Waals surface area contributed by atoms with Crippen molar-refractivity contribution in [1.29, 1.82) is 0 Å². The standard InChI is InChI=1S/C9H23O2PSi/c1-5-10-13(4,11-6-2)9-7-8-12-3/h12H,5-9H2,1-4H3. The summed E-state index contributed by atoms with van der Waals surface area (Å²) in [6, 6.07) is 1.15. The van der Waals surface area contributed by atoms with Crippen molar-refractivity contribution in [2.45, 2.75) is 32.9 Å². The molecule has 1 unspecified atom stereocenters. The van der Waals surface area contributed by atoms with E-state index < -0.39 is 8.56 Å². The summed E-state index contributed by atoms with van der Waals surface area (Å²) in [5, 5.41) is 0. The van der Waals surface area contributed by atoms with Crippen LogP contribution in [0.4, 0.5) is 0 Å². The second kappa shape index (κ2) is 7.92. The van der Waals surface area contributed by atoms with Crippen LogP contribution in [0.15, 0.2) is 0 Å². The SMILES string of the molecule is CCO[Si](C)(CCCPC)OCC. The van der Waals surface area contributed by atoms with E-state index in [0.717, 1.165) is 27.8 Å². The van der Waals surface area contributed by atoms with E-state index in [1.165, 1.54) is 12.6 Å². The Bertz CT molecular complexity index is 116. The third-order valence-corrected chi connectivity index (χ3v) is 5.87. The van der Waals surface area contributed by atoms with E-state index in [1.54, 1.807) is 0 Å². The highest BCUT2D eigenvalue weighted by Gasteiger charge is 2.29. The van der Waals surface area contributed by atoms with Crippen molar-refractivity contribution >= 4 is 17.1 Å². The lowest BCUT2D eigenvalue weighted by Gasteiger charge is -2.25. The number of rotatable bonds is 8. The van der Waals surface area contributed by atoms with Crippen molar-refractivity contribution in [3.63, 3.8) is 0 Å². The Hall–Kier alpha value is 0.567. The molecule has 4 heteroatoms. The van der Waals surface area contributed by atoms with Crippen molar-refractivity contribution in [3.8, 4) is 0 Å². The normalized spacial score (nSPS) is 12.9. The summed E-state index contributed by atoms with van der Waals surface area (Å²) in [6.45, 7) is 10.1. The first-order chi connectivity index (χ1) is 6.18. The maximum Gasteiger partial charge on any atom is 0.334 e. The first-order valence-corrected chi connectivity index (χ1v) is 9.34. The van der Waals surface area contributed by atoms with Gasteiger partial charge in [-0.1, -0.05) is 0 Å². The first-order valence-electron chi connectivity index (χ1n) is 5.11. The lowest BCUT2D eigenvalue weighted by Crippen LogP contribution is -2.38. The highest BCUT2D eigenvalue weighted by molar-refractivity contribution is 7.36. The van der Waals surface area contributed by atoms with Gasteiger partial charge < -0.3 is 8.85 Å². The molecule has 0 aliphatic heterocycles. The van der Waals surface area contributed by atoms with Crippen LogP contribution in [0.1, 0.15) is 20.3 Å². The number of hydrogen-bond donors (Lipinski definition) is 0. The molecule has 0 aromatic rings. The van der Waals surface area contributed by atoms with Crippen molar-refractivity contribution in [1.82, 2.24) is 0 Å². The maximum atomic E-state index is 5.74. The molecular formula is C9H23O2PSi. The smallest absolute Gasteiger partial charge is 0.334 e. The van der Waals surface area contributed by atoms with Gasteiger partial charge in [-0.3, -0.25) is 0 Å². The molecule has 0 radical (unpaired) electrons. The summed E-state index contributed by atoms with van der Waals surface area (Å²) in [4.78, 5) is 0. The fraction of sp³-hybridized carbons (Fsp3) is 1.00. The molecule has 2 nitrogen and oxygen atoms in total.